The summed E-state index contributed by atoms with van der Waals surface area (Å²) in [5, 5.41) is 5.91. The van der Waals surface area contributed by atoms with Crippen LogP contribution < -0.4 is 10.6 Å². The van der Waals surface area contributed by atoms with Crippen LogP contribution in [0.4, 0.5) is 5.95 Å². The van der Waals surface area contributed by atoms with Crippen LogP contribution in [0.3, 0.4) is 0 Å². The molecule has 1 aromatic rings. The second kappa shape index (κ2) is 8.28. The minimum atomic E-state index is -2.99. The highest BCUT2D eigenvalue weighted by Gasteiger charge is 2.28. The van der Waals surface area contributed by atoms with Gasteiger partial charge in [0.15, 0.2) is 9.84 Å². The summed E-state index contributed by atoms with van der Waals surface area (Å²) in [6, 6.07) is 1.42. The van der Waals surface area contributed by atoms with E-state index in [-0.39, 0.29) is 29.1 Å². The van der Waals surface area contributed by atoms with Crippen LogP contribution in [-0.4, -0.2) is 86.1 Å². The number of aromatic nitrogens is 2. The van der Waals surface area contributed by atoms with Gasteiger partial charge in [-0.2, -0.15) is 0 Å². The lowest BCUT2D eigenvalue weighted by Crippen LogP contribution is -2.41. The molecule has 1 atom stereocenters. The minimum Gasteiger partial charge on any atom is -0.379 e. The van der Waals surface area contributed by atoms with Crippen molar-refractivity contribution in [3.63, 3.8) is 0 Å². The Hall–Kier alpha value is -1.78. The topological polar surface area (TPSA) is 114 Å². The molecule has 144 valence electrons. The summed E-state index contributed by atoms with van der Waals surface area (Å²) in [6.07, 6.45) is 0.528. The third kappa shape index (κ3) is 5.36. The number of nitrogens with one attached hydrogen (secondary N) is 2. The molecule has 1 unspecified atom stereocenters. The highest BCUT2D eigenvalue weighted by molar-refractivity contribution is 7.91. The number of nitrogens with zero attached hydrogens (tertiary/aromatic N) is 3. The minimum absolute atomic E-state index is 0.0748. The molecule has 9 nitrogen and oxygen atoms in total. The van der Waals surface area contributed by atoms with Crippen LogP contribution in [0.25, 0.3) is 0 Å². The number of anilines is 1. The number of hydrogen-bond acceptors (Lipinski definition) is 8. The summed E-state index contributed by atoms with van der Waals surface area (Å²) in [5.74, 6) is 0.285. The Morgan fingerprint density at radius 3 is 2.81 bits per heavy atom. The Labute approximate surface area is 153 Å². The third-order valence-electron chi connectivity index (χ3n) is 4.47. The van der Waals surface area contributed by atoms with E-state index in [0.717, 1.165) is 32.8 Å². The first-order valence-corrected chi connectivity index (χ1v) is 10.6. The molecule has 2 N–H and O–H groups in total. The summed E-state index contributed by atoms with van der Waals surface area (Å²) in [7, 11) is -2.99. The van der Waals surface area contributed by atoms with E-state index in [1.54, 1.807) is 13.0 Å². The SMILES string of the molecule is Cc1cc(C(=O)NCCN2CCOCC2)nc(NC2CCS(=O)(=O)C2)n1. The quantitative estimate of drug-likeness (QED) is 0.672. The van der Waals surface area contributed by atoms with Gasteiger partial charge in [-0.25, -0.2) is 18.4 Å². The van der Waals surface area contributed by atoms with Crippen molar-refractivity contribution in [3.8, 4) is 0 Å². The fourth-order valence-electron chi connectivity index (χ4n) is 3.08. The molecule has 0 saturated carbocycles. The molecule has 0 aromatic carbocycles. The molecular formula is C16H25N5O4S. The molecule has 10 heteroatoms. The first-order valence-electron chi connectivity index (χ1n) is 8.82. The fourth-order valence-corrected chi connectivity index (χ4v) is 4.76. The van der Waals surface area contributed by atoms with E-state index in [1.165, 1.54) is 0 Å². The fraction of sp³-hybridized carbons (Fsp3) is 0.688. The van der Waals surface area contributed by atoms with Crippen molar-refractivity contribution < 1.29 is 17.9 Å². The molecule has 3 heterocycles. The number of morpholine rings is 1. The second-order valence-corrected chi connectivity index (χ2v) is 8.90. The molecule has 2 aliphatic rings. The van der Waals surface area contributed by atoms with Crippen molar-refractivity contribution in [1.29, 1.82) is 0 Å². The number of amides is 1. The van der Waals surface area contributed by atoms with E-state index in [9.17, 15) is 13.2 Å². The zero-order valence-electron chi connectivity index (χ0n) is 14.9. The van der Waals surface area contributed by atoms with E-state index in [1.807, 2.05) is 0 Å². The van der Waals surface area contributed by atoms with E-state index in [2.05, 4.69) is 25.5 Å². The van der Waals surface area contributed by atoms with Crippen molar-refractivity contribution in [3.05, 3.63) is 17.5 Å². The predicted octanol–water partition coefficient (Wildman–Crippen LogP) is -0.554. The summed E-state index contributed by atoms with van der Waals surface area (Å²) < 4.78 is 28.4. The third-order valence-corrected chi connectivity index (χ3v) is 6.24. The number of hydrogen-bond donors (Lipinski definition) is 2. The maximum atomic E-state index is 12.4. The second-order valence-electron chi connectivity index (χ2n) is 6.67. The lowest BCUT2D eigenvalue weighted by atomic mass is 10.2. The Kier molecular flexibility index (Phi) is 6.05. The molecule has 0 spiro atoms. The van der Waals surface area contributed by atoms with Gasteiger partial charge in [0.1, 0.15) is 5.69 Å². The Morgan fingerprint density at radius 1 is 1.35 bits per heavy atom. The Bertz CT molecular complexity index is 749. The summed E-state index contributed by atoms with van der Waals surface area (Å²) in [5.41, 5.74) is 0.935. The van der Waals surface area contributed by atoms with Crippen LogP contribution in [-0.2, 0) is 14.6 Å². The van der Waals surface area contributed by atoms with Gasteiger partial charge in [-0.05, 0) is 19.4 Å². The van der Waals surface area contributed by atoms with Gasteiger partial charge < -0.3 is 15.4 Å². The first-order chi connectivity index (χ1) is 12.4. The van der Waals surface area contributed by atoms with E-state index < -0.39 is 9.84 Å². The molecule has 0 bridgehead atoms. The summed E-state index contributed by atoms with van der Waals surface area (Å²) >= 11 is 0. The molecule has 2 aliphatic heterocycles. The van der Waals surface area contributed by atoms with Gasteiger partial charge in [-0.15, -0.1) is 0 Å². The molecule has 1 aromatic heterocycles. The molecule has 26 heavy (non-hydrogen) atoms. The molecular weight excluding hydrogens is 358 g/mol. The zero-order chi connectivity index (χ0) is 18.6. The van der Waals surface area contributed by atoms with Crippen molar-refractivity contribution in [2.45, 2.75) is 19.4 Å². The number of sulfone groups is 1. The number of rotatable bonds is 6. The molecule has 0 radical (unpaired) electrons. The smallest absolute Gasteiger partial charge is 0.270 e. The van der Waals surface area contributed by atoms with Crippen LogP contribution in [0, 0.1) is 6.92 Å². The Balaban J connectivity index is 1.55. The first kappa shape index (κ1) is 19.0. The average molecular weight is 383 g/mol. The van der Waals surface area contributed by atoms with Crippen LogP contribution in [0.5, 0.6) is 0 Å². The van der Waals surface area contributed by atoms with Gasteiger partial charge in [0, 0.05) is 37.9 Å². The van der Waals surface area contributed by atoms with Crippen molar-refractivity contribution in [2.75, 3.05) is 56.2 Å². The highest BCUT2D eigenvalue weighted by Crippen LogP contribution is 2.16. The van der Waals surface area contributed by atoms with Gasteiger partial charge in [-0.1, -0.05) is 0 Å². The van der Waals surface area contributed by atoms with Crippen LogP contribution in [0.1, 0.15) is 22.6 Å². The normalized spacial score (nSPS) is 22.9. The van der Waals surface area contributed by atoms with Crippen molar-refractivity contribution in [1.82, 2.24) is 20.2 Å². The number of carbonyl (C=O) groups excluding carboxylic acids is 1. The van der Waals surface area contributed by atoms with Gasteiger partial charge in [-0.3, -0.25) is 9.69 Å². The maximum Gasteiger partial charge on any atom is 0.270 e. The summed E-state index contributed by atoms with van der Waals surface area (Å²) in [6.45, 7) is 6.29. The predicted molar refractivity (Wildman–Crippen MR) is 97.0 cm³/mol. The van der Waals surface area contributed by atoms with Gasteiger partial charge in [0.05, 0.1) is 24.7 Å². The standard InChI is InChI=1S/C16H25N5O4S/c1-12-10-14(15(22)17-3-4-21-5-7-25-8-6-21)20-16(18-12)19-13-2-9-26(23,24)11-13/h10,13H,2-9,11H2,1H3,(H,17,22)(H,18,19,20). The van der Waals surface area contributed by atoms with Gasteiger partial charge >= 0.3 is 0 Å². The zero-order valence-corrected chi connectivity index (χ0v) is 15.7. The van der Waals surface area contributed by atoms with Crippen molar-refractivity contribution >= 4 is 21.7 Å². The van der Waals surface area contributed by atoms with Crippen LogP contribution in [0.2, 0.25) is 0 Å². The lowest BCUT2D eigenvalue weighted by Gasteiger charge is -2.26. The van der Waals surface area contributed by atoms with E-state index in [0.29, 0.717) is 24.6 Å². The monoisotopic (exact) mass is 383 g/mol. The molecule has 2 saturated heterocycles. The number of aryl methyl sites for hydroxylation is 1. The van der Waals surface area contributed by atoms with E-state index in [4.69, 9.17) is 4.74 Å². The molecule has 3 rings (SSSR count). The average Bonchev–Trinajstić information content (AvgIpc) is 2.93. The number of carbonyl (C=O) groups is 1. The Morgan fingerprint density at radius 2 is 2.12 bits per heavy atom. The molecule has 2 fully saturated rings. The van der Waals surface area contributed by atoms with Gasteiger partial charge in [0.25, 0.3) is 5.91 Å². The maximum absolute atomic E-state index is 12.4. The van der Waals surface area contributed by atoms with Crippen LogP contribution >= 0.6 is 0 Å². The van der Waals surface area contributed by atoms with Crippen LogP contribution in [0.15, 0.2) is 6.07 Å². The number of ether oxygens (including phenoxy) is 1. The largest absolute Gasteiger partial charge is 0.379 e. The molecule has 1 amide bonds. The van der Waals surface area contributed by atoms with E-state index >= 15 is 0 Å². The lowest BCUT2D eigenvalue weighted by molar-refractivity contribution is 0.0383. The highest BCUT2D eigenvalue weighted by atomic mass is 32.2. The summed E-state index contributed by atoms with van der Waals surface area (Å²) in [4.78, 5) is 23.1. The van der Waals surface area contributed by atoms with Gasteiger partial charge in [0.2, 0.25) is 5.95 Å². The molecule has 0 aliphatic carbocycles. The van der Waals surface area contributed by atoms with Crippen molar-refractivity contribution in [2.24, 2.45) is 0 Å².